The summed E-state index contributed by atoms with van der Waals surface area (Å²) in [7, 11) is 0. The molecule has 0 amide bonds. The van der Waals surface area contributed by atoms with E-state index in [9.17, 15) is 0 Å². The van der Waals surface area contributed by atoms with Crippen LogP contribution in [0.1, 0.15) is 5.82 Å². The molecule has 1 aromatic carbocycles. The molecule has 0 radical (unpaired) electrons. The Bertz CT molecular complexity index is 624. The lowest BCUT2D eigenvalue weighted by molar-refractivity contribution is 0.411. The average molecular weight is 228 g/mol. The molecule has 7 nitrogen and oxygen atoms in total. The molecule has 0 aliphatic rings. The standard InChI is InChI=1S/C10H8N6O/c1-2-4-8-7(3-1)13-10(15-14-8)11-5-9-12-6-17-16-9/h1-4,6H,5H2,(H,11,13,15). The summed E-state index contributed by atoms with van der Waals surface area (Å²) in [5.74, 6) is 0.982. The number of rotatable bonds is 3. The quantitative estimate of drug-likeness (QED) is 0.715. The molecule has 3 aromatic rings. The van der Waals surface area contributed by atoms with E-state index in [1.807, 2.05) is 24.3 Å². The van der Waals surface area contributed by atoms with E-state index in [2.05, 4.69) is 35.2 Å². The minimum atomic E-state index is 0.399. The third-order valence-corrected chi connectivity index (χ3v) is 2.17. The van der Waals surface area contributed by atoms with Crippen molar-refractivity contribution in [2.45, 2.75) is 6.54 Å². The molecule has 7 heteroatoms. The van der Waals surface area contributed by atoms with Crippen LogP contribution in [0.25, 0.3) is 11.0 Å². The number of para-hydroxylation sites is 1. The molecule has 0 fully saturated rings. The topological polar surface area (TPSA) is 89.6 Å². The Morgan fingerprint density at radius 2 is 2.00 bits per heavy atom. The third-order valence-electron chi connectivity index (χ3n) is 2.17. The second-order valence-electron chi connectivity index (χ2n) is 3.33. The summed E-state index contributed by atoms with van der Waals surface area (Å²) in [4.78, 5) is 8.18. The summed E-state index contributed by atoms with van der Waals surface area (Å²) in [5.41, 5.74) is 1.55. The second-order valence-corrected chi connectivity index (χ2v) is 3.33. The summed E-state index contributed by atoms with van der Waals surface area (Å²) in [6, 6.07) is 7.53. The summed E-state index contributed by atoms with van der Waals surface area (Å²) in [6.07, 6.45) is 1.27. The third kappa shape index (κ3) is 2.03. The number of hydrogen-bond acceptors (Lipinski definition) is 7. The van der Waals surface area contributed by atoms with E-state index in [0.29, 0.717) is 18.3 Å². The predicted octanol–water partition coefficient (Wildman–Crippen LogP) is 1.02. The average Bonchev–Trinajstić information content (AvgIpc) is 2.89. The highest BCUT2D eigenvalue weighted by Crippen LogP contribution is 2.08. The lowest BCUT2D eigenvalue weighted by Gasteiger charge is -2.01. The van der Waals surface area contributed by atoms with Gasteiger partial charge in [0.05, 0.1) is 12.1 Å². The number of aromatic nitrogens is 5. The molecule has 0 aliphatic carbocycles. The van der Waals surface area contributed by atoms with Crippen LogP contribution in [0.15, 0.2) is 35.2 Å². The lowest BCUT2D eigenvalue weighted by atomic mass is 10.3. The van der Waals surface area contributed by atoms with Crippen LogP contribution in [0.4, 0.5) is 5.95 Å². The van der Waals surface area contributed by atoms with Gasteiger partial charge in [-0.05, 0) is 12.1 Å². The zero-order valence-electron chi connectivity index (χ0n) is 8.74. The molecular formula is C10H8N6O. The number of benzene rings is 1. The molecule has 0 saturated carbocycles. The van der Waals surface area contributed by atoms with Gasteiger partial charge in [0, 0.05) is 0 Å². The van der Waals surface area contributed by atoms with Crippen molar-refractivity contribution in [1.82, 2.24) is 25.3 Å². The second kappa shape index (κ2) is 4.12. The fraction of sp³-hybridized carbons (Fsp3) is 0.100. The van der Waals surface area contributed by atoms with Crippen molar-refractivity contribution in [3.05, 3.63) is 36.5 Å². The van der Waals surface area contributed by atoms with Crippen molar-refractivity contribution in [3.8, 4) is 0 Å². The summed E-state index contributed by atoms with van der Waals surface area (Å²) >= 11 is 0. The zero-order chi connectivity index (χ0) is 11.5. The SMILES string of the molecule is c1ccc2nc(NCc3ncon3)nnc2c1. The van der Waals surface area contributed by atoms with Crippen LogP contribution in [-0.4, -0.2) is 25.3 Å². The summed E-state index contributed by atoms with van der Waals surface area (Å²) in [5, 5.41) is 14.6. The van der Waals surface area contributed by atoms with Crippen molar-refractivity contribution in [2.75, 3.05) is 5.32 Å². The van der Waals surface area contributed by atoms with Crippen molar-refractivity contribution in [2.24, 2.45) is 0 Å². The monoisotopic (exact) mass is 228 g/mol. The predicted molar refractivity (Wildman–Crippen MR) is 59.0 cm³/mol. The van der Waals surface area contributed by atoms with Crippen molar-refractivity contribution in [3.63, 3.8) is 0 Å². The molecule has 0 atom stereocenters. The first kappa shape index (κ1) is 9.64. The van der Waals surface area contributed by atoms with Crippen molar-refractivity contribution < 1.29 is 4.52 Å². The van der Waals surface area contributed by atoms with Gasteiger partial charge in [0.2, 0.25) is 12.3 Å². The molecule has 0 bridgehead atoms. The van der Waals surface area contributed by atoms with E-state index in [-0.39, 0.29) is 0 Å². The van der Waals surface area contributed by atoms with Crippen LogP contribution >= 0.6 is 0 Å². The van der Waals surface area contributed by atoms with E-state index < -0.39 is 0 Å². The van der Waals surface area contributed by atoms with Gasteiger partial charge in [-0.15, -0.1) is 10.2 Å². The summed E-state index contributed by atoms with van der Waals surface area (Å²) < 4.78 is 4.62. The molecule has 1 N–H and O–H groups in total. The molecule has 0 spiro atoms. The van der Waals surface area contributed by atoms with E-state index in [1.165, 1.54) is 6.39 Å². The van der Waals surface area contributed by atoms with E-state index in [1.54, 1.807) is 0 Å². The molecule has 2 aromatic heterocycles. The van der Waals surface area contributed by atoms with Crippen molar-refractivity contribution in [1.29, 1.82) is 0 Å². The molecule has 0 aliphatic heterocycles. The highest BCUT2D eigenvalue weighted by Gasteiger charge is 2.02. The normalized spacial score (nSPS) is 10.6. The maximum Gasteiger partial charge on any atom is 0.243 e. The van der Waals surface area contributed by atoms with Crippen LogP contribution in [0.5, 0.6) is 0 Å². The van der Waals surface area contributed by atoms with Gasteiger partial charge in [0.15, 0.2) is 5.82 Å². The minimum Gasteiger partial charge on any atom is -0.345 e. The molecule has 3 rings (SSSR count). The molecule has 17 heavy (non-hydrogen) atoms. The van der Waals surface area contributed by atoms with Gasteiger partial charge in [0.25, 0.3) is 0 Å². The van der Waals surface area contributed by atoms with Crippen LogP contribution in [0, 0.1) is 0 Å². The number of nitrogens with zero attached hydrogens (tertiary/aromatic N) is 5. The highest BCUT2D eigenvalue weighted by atomic mass is 16.5. The van der Waals surface area contributed by atoms with Crippen LogP contribution in [-0.2, 0) is 6.54 Å². The van der Waals surface area contributed by atoms with Crippen LogP contribution in [0.2, 0.25) is 0 Å². The Morgan fingerprint density at radius 1 is 1.12 bits per heavy atom. The Morgan fingerprint density at radius 3 is 2.82 bits per heavy atom. The van der Waals surface area contributed by atoms with Gasteiger partial charge in [-0.25, -0.2) is 4.98 Å². The number of hydrogen-bond donors (Lipinski definition) is 1. The van der Waals surface area contributed by atoms with Crippen LogP contribution < -0.4 is 5.32 Å². The smallest absolute Gasteiger partial charge is 0.243 e. The first-order valence-corrected chi connectivity index (χ1v) is 5.00. The molecule has 0 unspecified atom stereocenters. The zero-order valence-corrected chi connectivity index (χ0v) is 8.74. The molecule has 84 valence electrons. The van der Waals surface area contributed by atoms with Gasteiger partial charge in [0.1, 0.15) is 5.52 Å². The first-order valence-electron chi connectivity index (χ1n) is 5.00. The van der Waals surface area contributed by atoms with Gasteiger partial charge in [-0.1, -0.05) is 17.3 Å². The maximum absolute atomic E-state index is 4.62. The molecule has 0 saturated heterocycles. The maximum atomic E-state index is 4.62. The van der Waals surface area contributed by atoms with E-state index in [4.69, 9.17) is 0 Å². The Labute approximate surface area is 95.9 Å². The van der Waals surface area contributed by atoms with Crippen molar-refractivity contribution >= 4 is 17.0 Å². The minimum absolute atomic E-state index is 0.399. The largest absolute Gasteiger partial charge is 0.345 e. The highest BCUT2D eigenvalue weighted by molar-refractivity contribution is 5.73. The number of fused-ring (bicyclic) bond motifs is 1. The molecular weight excluding hydrogens is 220 g/mol. The molecule has 2 heterocycles. The summed E-state index contributed by atoms with van der Waals surface area (Å²) in [6.45, 7) is 0.399. The fourth-order valence-electron chi connectivity index (χ4n) is 1.38. The van der Waals surface area contributed by atoms with Gasteiger partial charge in [-0.3, -0.25) is 0 Å². The van der Waals surface area contributed by atoms with E-state index >= 15 is 0 Å². The fourth-order valence-corrected chi connectivity index (χ4v) is 1.38. The number of anilines is 1. The Balaban J connectivity index is 1.81. The van der Waals surface area contributed by atoms with Gasteiger partial charge < -0.3 is 9.84 Å². The van der Waals surface area contributed by atoms with Crippen LogP contribution in [0.3, 0.4) is 0 Å². The van der Waals surface area contributed by atoms with Gasteiger partial charge >= 0.3 is 0 Å². The van der Waals surface area contributed by atoms with Gasteiger partial charge in [-0.2, -0.15) is 4.98 Å². The Hall–Kier alpha value is -2.57. The lowest BCUT2D eigenvalue weighted by Crippen LogP contribution is -2.05. The van der Waals surface area contributed by atoms with E-state index in [0.717, 1.165) is 11.0 Å². The first-order chi connectivity index (χ1) is 8.42. The number of nitrogens with one attached hydrogen (secondary N) is 1. The Kier molecular flexibility index (Phi) is 2.34.